The van der Waals surface area contributed by atoms with Crippen LogP contribution >= 0.6 is 0 Å². The Balaban J connectivity index is 0.000000188. The Morgan fingerprint density at radius 3 is 1.86 bits per heavy atom. The average Bonchev–Trinajstić information content (AvgIpc) is 3.63. The first-order valence-corrected chi connectivity index (χ1v) is 26.6. The molecule has 0 amide bonds. The van der Waals surface area contributed by atoms with Crippen molar-refractivity contribution in [2.24, 2.45) is 0 Å². The summed E-state index contributed by atoms with van der Waals surface area (Å²) < 4.78 is 7.88. The molecule has 0 saturated heterocycles. The van der Waals surface area contributed by atoms with Crippen molar-refractivity contribution >= 4 is 39.6 Å². The molecule has 0 aliphatic heterocycles. The number of pyridine rings is 2. The van der Waals surface area contributed by atoms with Crippen LogP contribution in [0.3, 0.4) is 0 Å². The summed E-state index contributed by atoms with van der Waals surface area (Å²) in [4.78, 5) is 9.29. The molecule has 0 N–H and O–H groups in total. The maximum Gasteiger partial charge on any atom is 0 e. The van der Waals surface area contributed by atoms with Crippen molar-refractivity contribution in [2.45, 2.75) is 37.0 Å². The largest absolute Gasteiger partial charge is 0 e. The van der Waals surface area contributed by atoms with E-state index in [1.807, 2.05) is 30.5 Å². The third-order valence-corrected chi connectivity index (χ3v) is 14.5. The van der Waals surface area contributed by atoms with E-state index in [2.05, 4.69) is 193 Å². The van der Waals surface area contributed by atoms with E-state index in [4.69, 9.17) is 4.42 Å². The maximum atomic E-state index is 6.44. The Bertz CT molecular complexity index is 2750. The van der Waals surface area contributed by atoms with E-state index < -0.39 is 13.3 Å². The average molecular weight is 978 g/mol. The molecule has 3 aromatic heterocycles. The fourth-order valence-electron chi connectivity index (χ4n) is 6.98. The summed E-state index contributed by atoms with van der Waals surface area (Å²) >= 11 is -1.79. The van der Waals surface area contributed by atoms with E-state index in [0.717, 1.165) is 50.0 Å². The van der Waals surface area contributed by atoms with E-state index in [-0.39, 0.29) is 20.1 Å². The number of aromatic nitrogens is 2. The zero-order chi connectivity index (χ0) is 38.6. The second-order valence-corrected chi connectivity index (χ2v) is 26.2. The van der Waals surface area contributed by atoms with Crippen molar-refractivity contribution < 1.29 is 24.5 Å². The summed E-state index contributed by atoms with van der Waals surface area (Å²) in [6.45, 7) is 4.39. The molecule has 1 radical (unpaired) electrons. The van der Waals surface area contributed by atoms with E-state index in [1.54, 1.807) is 0 Å². The Morgan fingerprint density at radius 2 is 1.19 bits per heavy atom. The van der Waals surface area contributed by atoms with Gasteiger partial charge in [0, 0.05) is 31.7 Å². The van der Waals surface area contributed by atoms with E-state index in [1.165, 1.54) is 37.8 Å². The normalized spacial score (nSPS) is 11.3. The molecule has 57 heavy (non-hydrogen) atoms. The molecule has 3 heterocycles. The van der Waals surface area contributed by atoms with Gasteiger partial charge in [-0.3, -0.25) is 0 Å². The van der Waals surface area contributed by atoms with Crippen LogP contribution in [0.5, 0.6) is 0 Å². The van der Waals surface area contributed by atoms with Gasteiger partial charge in [0.05, 0.1) is 5.58 Å². The fourth-order valence-corrected chi connectivity index (χ4v) is 9.16. The minimum Gasteiger partial charge on any atom is 0 e. The molecule has 3 nitrogen and oxygen atoms in total. The first-order chi connectivity index (χ1) is 27.2. The van der Waals surface area contributed by atoms with Crippen LogP contribution in [-0.2, 0) is 20.1 Å². The topological polar surface area (TPSA) is 38.9 Å². The third-order valence-electron chi connectivity index (χ3n) is 10.3. The Hall–Kier alpha value is -5.39. The van der Waals surface area contributed by atoms with Gasteiger partial charge in [-0.1, -0.05) is 97.1 Å². The SMILES string of the molecule is CC(C)c1ccnc(-c2[c-]ccc3c2oc2cc(-c4cccc(-c5ccccc5)c4)ccc23)c1.[CH3][Ge]([CH3])([CH3])[c]1ccc(-c2[c-]ccc(-c3ccccc3)c2)nc1.[Ir]. The van der Waals surface area contributed by atoms with Crippen molar-refractivity contribution in [1.29, 1.82) is 0 Å². The quantitative estimate of drug-likeness (QED) is 0.118. The molecule has 0 spiro atoms. The van der Waals surface area contributed by atoms with Gasteiger partial charge < -0.3 is 9.40 Å². The second kappa shape index (κ2) is 17.4. The smallest absolute Gasteiger partial charge is 0 e. The van der Waals surface area contributed by atoms with Crippen LogP contribution in [0.4, 0.5) is 0 Å². The van der Waals surface area contributed by atoms with Gasteiger partial charge in [-0.2, -0.15) is 0 Å². The molecule has 283 valence electrons. The molecule has 9 aromatic rings. The van der Waals surface area contributed by atoms with E-state index in [9.17, 15) is 0 Å². The van der Waals surface area contributed by atoms with Gasteiger partial charge in [0.25, 0.3) is 0 Å². The Labute approximate surface area is 352 Å². The predicted molar refractivity (Wildman–Crippen MR) is 238 cm³/mol. The van der Waals surface area contributed by atoms with Gasteiger partial charge in [0.15, 0.2) is 0 Å². The zero-order valence-corrected chi connectivity index (χ0v) is 37.4. The van der Waals surface area contributed by atoms with Crippen LogP contribution in [0, 0.1) is 12.1 Å². The summed E-state index contributed by atoms with van der Waals surface area (Å²) in [5.41, 5.74) is 14.0. The summed E-state index contributed by atoms with van der Waals surface area (Å²) in [5.74, 6) is 7.60. The molecular formula is C52H44GeIrN2O-2. The molecule has 0 aliphatic carbocycles. The monoisotopic (exact) mass is 979 g/mol. The maximum absolute atomic E-state index is 6.44. The molecule has 0 saturated carbocycles. The van der Waals surface area contributed by atoms with E-state index in [0.29, 0.717) is 5.92 Å². The van der Waals surface area contributed by atoms with Crippen molar-refractivity contribution in [3.8, 4) is 55.9 Å². The predicted octanol–water partition coefficient (Wildman–Crippen LogP) is 13.7. The van der Waals surface area contributed by atoms with Gasteiger partial charge in [0.2, 0.25) is 0 Å². The number of hydrogen-bond donors (Lipinski definition) is 0. The molecule has 0 bridgehead atoms. The molecule has 9 rings (SSSR count). The zero-order valence-electron chi connectivity index (χ0n) is 32.9. The summed E-state index contributed by atoms with van der Waals surface area (Å²) in [7, 11) is 0. The van der Waals surface area contributed by atoms with Crippen molar-refractivity contribution in [3.05, 3.63) is 188 Å². The Kier molecular flexibility index (Phi) is 12.2. The first kappa shape index (κ1) is 39.8. The van der Waals surface area contributed by atoms with Crippen LogP contribution in [0.15, 0.2) is 175 Å². The Morgan fingerprint density at radius 1 is 0.544 bits per heavy atom. The van der Waals surface area contributed by atoms with Gasteiger partial charge in [-0.15, -0.1) is 18.2 Å². The number of hydrogen-bond acceptors (Lipinski definition) is 3. The molecule has 5 heteroatoms. The fraction of sp³-hybridized carbons (Fsp3) is 0.115. The minimum atomic E-state index is -1.79. The van der Waals surface area contributed by atoms with Crippen LogP contribution in [-0.4, -0.2) is 23.2 Å². The molecule has 0 unspecified atom stereocenters. The number of rotatable bonds is 7. The van der Waals surface area contributed by atoms with Gasteiger partial charge >= 0.3 is 135 Å². The molecule has 0 aliphatic rings. The number of nitrogens with zero attached hydrogens (tertiary/aromatic N) is 2. The number of benzene rings is 6. The standard InChI is InChI=1S/C32H24NO.C20H20GeN.Ir/c1-21(2)23-16-17-33-30(19-23)29-13-7-12-28-27-15-14-26(20-31(27)34-32(28)29)25-11-6-10-24(18-25)22-8-4-3-5-9-22;1-21(2,3)19-12-13-20(22-15-19)18-11-7-10-17(14-18)16-8-5-4-6-9-16;/h3-12,14-21H,1-2H3;4-10,12-15H,1-3H3;/q2*-1;. The third kappa shape index (κ3) is 8.95. The summed E-state index contributed by atoms with van der Waals surface area (Å²) in [5, 5.41) is 2.19. The van der Waals surface area contributed by atoms with Crippen LogP contribution < -0.4 is 4.40 Å². The number of fused-ring (bicyclic) bond motifs is 3. The summed E-state index contributed by atoms with van der Waals surface area (Å²) in [6.07, 6.45) is 3.93. The van der Waals surface area contributed by atoms with Crippen LogP contribution in [0.25, 0.3) is 77.8 Å². The molecule has 6 aromatic carbocycles. The van der Waals surface area contributed by atoms with Gasteiger partial charge in [-0.05, 0) is 52.1 Å². The van der Waals surface area contributed by atoms with Crippen LogP contribution in [0.2, 0.25) is 17.3 Å². The van der Waals surface area contributed by atoms with E-state index >= 15 is 0 Å². The second-order valence-electron chi connectivity index (χ2n) is 15.5. The van der Waals surface area contributed by atoms with Crippen LogP contribution in [0.1, 0.15) is 25.3 Å². The van der Waals surface area contributed by atoms with Crippen molar-refractivity contribution in [1.82, 2.24) is 9.97 Å². The first-order valence-electron chi connectivity index (χ1n) is 19.2. The van der Waals surface area contributed by atoms with Gasteiger partial charge in [0.1, 0.15) is 5.58 Å². The summed E-state index contributed by atoms with van der Waals surface area (Å²) in [6, 6.07) is 61.6. The van der Waals surface area contributed by atoms with Gasteiger partial charge in [-0.25, -0.2) is 0 Å². The molecular weight excluding hydrogens is 933 g/mol. The van der Waals surface area contributed by atoms with Crippen molar-refractivity contribution in [2.75, 3.05) is 0 Å². The minimum absolute atomic E-state index is 0. The van der Waals surface area contributed by atoms with Crippen molar-refractivity contribution in [3.63, 3.8) is 0 Å². The molecule has 0 atom stereocenters. The molecule has 0 fully saturated rings. The number of furan rings is 1.